The van der Waals surface area contributed by atoms with Gasteiger partial charge in [-0.2, -0.15) is 0 Å². The van der Waals surface area contributed by atoms with E-state index in [1.165, 1.54) is 11.1 Å². The lowest BCUT2D eigenvalue weighted by molar-refractivity contribution is -0.139. The molecule has 2 aromatic carbocycles. The fourth-order valence-corrected chi connectivity index (χ4v) is 4.18. The zero-order valence-electron chi connectivity index (χ0n) is 19.9. The van der Waals surface area contributed by atoms with Gasteiger partial charge in [0.2, 0.25) is 11.8 Å². The van der Waals surface area contributed by atoms with E-state index in [9.17, 15) is 9.59 Å². The summed E-state index contributed by atoms with van der Waals surface area (Å²) < 4.78 is 5.24. The Labute approximate surface area is 196 Å². The van der Waals surface area contributed by atoms with Crippen molar-refractivity contribution in [3.63, 3.8) is 0 Å². The lowest BCUT2D eigenvalue weighted by atomic mass is 10.1. The van der Waals surface area contributed by atoms with Crippen molar-refractivity contribution in [2.45, 2.75) is 64.9 Å². The Bertz CT molecular complexity index is 852. The quantitative estimate of drug-likeness (QED) is 0.490. The largest absolute Gasteiger partial charge is 0.497 e. The molecule has 2 atom stereocenters. The molecule has 2 aromatic rings. The molecule has 6 heteroatoms. The number of amides is 2. The van der Waals surface area contributed by atoms with Gasteiger partial charge in [-0.15, -0.1) is 11.8 Å². The maximum absolute atomic E-state index is 13.3. The van der Waals surface area contributed by atoms with Crippen LogP contribution in [-0.2, 0) is 21.9 Å². The Balaban J connectivity index is 2.13. The van der Waals surface area contributed by atoms with Gasteiger partial charge in [-0.05, 0) is 49.9 Å². The van der Waals surface area contributed by atoms with Crippen molar-refractivity contribution in [1.82, 2.24) is 10.2 Å². The maximum Gasteiger partial charge on any atom is 0.243 e. The lowest BCUT2D eigenvalue weighted by Gasteiger charge is -2.31. The predicted molar refractivity (Wildman–Crippen MR) is 133 cm³/mol. The molecular weight excluding hydrogens is 420 g/mol. The first kappa shape index (κ1) is 25.8. The number of aryl methyl sites for hydroxylation is 1. The molecule has 0 aromatic heterocycles. The summed E-state index contributed by atoms with van der Waals surface area (Å²) in [6.07, 6.45) is 1.41. The van der Waals surface area contributed by atoms with Crippen LogP contribution < -0.4 is 10.1 Å². The van der Waals surface area contributed by atoms with Gasteiger partial charge in [0.05, 0.1) is 12.9 Å². The van der Waals surface area contributed by atoms with Gasteiger partial charge in [0, 0.05) is 18.3 Å². The van der Waals surface area contributed by atoms with Crippen molar-refractivity contribution in [2.24, 2.45) is 0 Å². The van der Waals surface area contributed by atoms with Gasteiger partial charge < -0.3 is 15.0 Å². The van der Waals surface area contributed by atoms with E-state index in [2.05, 4.69) is 36.5 Å². The highest BCUT2D eigenvalue weighted by molar-refractivity contribution is 7.99. The normalized spacial score (nSPS) is 12.7. The average molecular weight is 457 g/mol. The van der Waals surface area contributed by atoms with Crippen LogP contribution in [0.25, 0.3) is 0 Å². The zero-order valence-corrected chi connectivity index (χ0v) is 20.7. The van der Waals surface area contributed by atoms with Crippen LogP contribution in [0.1, 0.15) is 50.3 Å². The van der Waals surface area contributed by atoms with Gasteiger partial charge in [0.15, 0.2) is 0 Å². The second-order valence-electron chi connectivity index (χ2n) is 8.09. The minimum absolute atomic E-state index is 0.0240. The van der Waals surface area contributed by atoms with E-state index in [1.807, 2.05) is 45.0 Å². The Morgan fingerprint density at radius 1 is 1.00 bits per heavy atom. The molecule has 174 valence electrons. The van der Waals surface area contributed by atoms with Crippen molar-refractivity contribution in [3.8, 4) is 5.75 Å². The van der Waals surface area contributed by atoms with E-state index in [-0.39, 0.29) is 17.9 Å². The number of nitrogens with one attached hydrogen (secondary N) is 1. The van der Waals surface area contributed by atoms with Gasteiger partial charge in [-0.25, -0.2) is 0 Å². The number of rotatable bonds is 12. The van der Waals surface area contributed by atoms with Crippen molar-refractivity contribution in [1.29, 1.82) is 0 Å². The topological polar surface area (TPSA) is 58.6 Å². The maximum atomic E-state index is 13.3. The third-order valence-corrected chi connectivity index (χ3v) is 6.50. The molecule has 0 aliphatic heterocycles. The molecule has 5 nitrogen and oxygen atoms in total. The number of methoxy groups -OCH3 is 1. The number of nitrogens with zero attached hydrogens (tertiary/aromatic N) is 1. The van der Waals surface area contributed by atoms with Crippen LogP contribution in [0.2, 0.25) is 0 Å². The Hall–Kier alpha value is -2.47. The van der Waals surface area contributed by atoms with E-state index in [0.717, 1.165) is 23.5 Å². The second kappa shape index (κ2) is 13.2. The molecule has 0 bridgehead atoms. The van der Waals surface area contributed by atoms with Gasteiger partial charge >= 0.3 is 0 Å². The van der Waals surface area contributed by atoms with Gasteiger partial charge in [-0.3, -0.25) is 9.59 Å². The molecule has 0 aliphatic carbocycles. The Morgan fingerprint density at radius 2 is 1.62 bits per heavy atom. The summed E-state index contributed by atoms with van der Waals surface area (Å²) in [7, 11) is 1.63. The van der Waals surface area contributed by atoms with E-state index in [1.54, 1.807) is 23.8 Å². The standard InChI is InChI=1S/C26H36N2O3S/c1-6-20(4)27-26(30)24(7-2)28(16-21-12-14-23(31-5)15-13-21)25(29)18-32-17-22-10-8-19(3)9-11-22/h8-15,20,24H,6-7,16-18H2,1-5H3,(H,27,30)/t20-,24-/m0/s1. The van der Waals surface area contributed by atoms with Crippen molar-refractivity contribution >= 4 is 23.6 Å². The molecule has 0 spiro atoms. The summed E-state index contributed by atoms with van der Waals surface area (Å²) >= 11 is 1.58. The van der Waals surface area contributed by atoms with Crippen LogP contribution in [0, 0.1) is 6.92 Å². The molecule has 0 fully saturated rings. The molecule has 1 N–H and O–H groups in total. The Kier molecular flexibility index (Phi) is 10.6. The third-order valence-electron chi connectivity index (χ3n) is 5.51. The summed E-state index contributed by atoms with van der Waals surface area (Å²) in [5.41, 5.74) is 3.38. The fraction of sp³-hybridized carbons (Fsp3) is 0.462. The molecule has 0 aliphatic rings. The first-order chi connectivity index (χ1) is 15.4. The van der Waals surface area contributed by atoms with Crippen molar-refractivity contribution in [3.05, 3.63) is 65.2 Å². The summed E-state index contributed by atoms with van der Waals surface area (Å²) in [6.45, 7) is 8.42. The monoisotopic (exact) mass is 456 g/mol. The number of carbonyl (C=O) groups excluding carboxylic acids is 2. The minimum Gasteiger partial charge on any atom is -0.497 e. The molecule has 0 radical (unpaired) electrons. The van der Waals surface area contributed by atoms with Crippen LogP contribution >= 0.6 is 11.8 Å². The molecular formula is C26H36N2O3S. The first-order valence-electron chi connectivity index (χ1n) is 11.2. The molecule has 0 saturated heterocycles. The summed E-state index contributed by atoms with van der Waals surface area (Å²) in [5, 5.41) is 3.05. The highest BCUT2D eigenvalue weighted by Gasteiger charge is 2.29. The van der Waals surface area contributed by atoms with Gasteiger partial charge in [-0.1, -0.05) is 55.8 Å². The molecule has 0 heterocycles. The van der Waals surface area contributed by atoms with Crippen LogP contribution in [0.3, 0.4) is 0 Å². The molecule has 2 amide bonds. The van der Waals surface area contributed by atoms with Crippen LogP contribution in [0.4, 0.5) is 0 Å². The van der Waals surface area contributed by atoms with E-state index in [4.69, 9.17) is 4.74 Å². The van der Waals surface area contributed by atoms with Crippen LogP contribution in [0.15, 0.2) is 48.5 Å². The van der Waals surface area contributed by atoms with Crippen LogP contribution in [0.5, 0.6) is 5.75 Å². The first-order valence-corrected chi connectivity index (χ1v) is 12.4. The third kappa shape index (κ3) is 7.90. The molecule has 32 heavy (non-hydrogen) atoms. The SMILES string of the molecule is CC[C@H](C)NC(=O)[C@H](CC)N(Cc1ccc(OC)cc1)C(=O)CSCc1ccc(C)cc1. The fourth-order valence-electron chi connectivity index (χ4n) is 3.31. The number of ether oxygens (including phenoxy) is 1. The van der Waals surface area contributed by atoms with Gasteiger partial charge in [0.25, 0.3) is 0 Å². The minimum atomic E-state index is -0.501. The summed E-state index contributed by atoms with van der Waals surface area (Å²) in [5.74, 6) is 1.74. The molecule has 0 unspecified atom stereocenters. The molecule has 0 saturated carbocycles. The number of hydrogen-bond donors (Lipinski definition) is 1. The number of thioether (sulfide) groups is 1. The lowest BCUT2D eigenvalue weighted by Crippen LogP contribution is -2.51. The second-order valence-corrected chi connectivity index (χ2v) is 9.08. The average Bonchev–Trinajstić information content (AvgIpc) is 2.80. The summed E-state index contributed by atoms with van der Waals surface area (Å²) in [4.78, 5) is 28.0. The number of carbonyl (C=O) groups is 2. The zero-order chi connectivity index (χ0) is 23.5. The van der Waals surface area contributed by atoms with Crippen molar-refractivity contribution < 1.29 is 14.3 Å². The predicted octanol–water partition coefficient (Wildman–Crippen LogP) is 4.96. The number of hydrogen-bond acceptors (Lipinski definition) is 4. The Morgan fingerprint density at radius 3 is 2.19 bits per heavy atom. The van der Waals surface area contributed by atoms with E-state index >= 15 is 0 Å². The highest BCUT2D eigenvalue weighted by Crippen LogP contribution is 2.19. The summed E-state index contributed by atoms with van der Waals surface area (Å²) in [6, 6.07) is 15.6. The number of benzene rings is 2. The van der Waals surface area contributed by atoms with Crippen LogP contribution in [-0.4, -0.2) is 41.7 Å². The highest BCUT2D eigenvalue weighted by atomic mass is 32.2. The molecule has 2 rings (SSSR count). The van der Waals surface area contributed by atoms with E-state index in [0.29, 0.717) is 18.7 Å². The smallest absolute Gasteiger partial charge is 0.243 e. The van der Waals surface area contributed by atoms with Crippen molar-refractivity contribution in [2.75, 3.05) is 12.9 Å². The van der Waals surface area contributed by atoms with E-state index < -0.39 is 6.04 Å². The van der Waals surface area contributed by atoms with Gasteiger partial charge in [0.1, 0.15) is 11.8 Å².